The van der Waals surface area contributed by atoms with Gasteiger partial charge in [0.25, 0.3) is 0 Å². The highest BCUT2D eigenvalue weighted by molar-refractivity contribution is 6.30. The Hall–Kier alpha value is -0.570. The van der Waals surface area contributed by atoms with Crippen molar-refractivity contribution >= 4 is 11.6 Å². The van der Waals surface area contributed by atoms with Crippen molar-refractivity contribution in [2.75, 3.05) is 19.6 Å². The number of benzene rings is 1. The first-order valence-corrected chi connectivity index (χ1v) is 7.90. The molecule has 0 spiro atoms. The van der Waals surface area contributed by atoms with E-state index in [4.69, 9.17) is 11.6 Å². The molecule has 112 valence electrons. The van der Waals surface area contributed by atoms with Gasteiger partial charge < -0.3 is 10.0 Å². The summed E-state index contributed by atoms with van der Waals surface area (Å²) in [5, 5.41) is 10.9. The van der Waals surface area contributed by atoms with E-state index in [9.17, 15) is 5.11 Å². The fourth-order valence-corrected chi connectivity index (χ4v) is 3.03. The van der Waals surface area contributed by atoms with Crippen LogP contribution in [-0.4, -0.2) is 29.6 Å². The first kappa shape index (κ1) is 15.8. The molecule has 0 aromatic heterocycles. The number of hydrogen-bond donors (Lipinski definition) is 1. The molecule has 20 heavy (non-hydrogen) atoms. The Kier molecular flexibility index (Phi) is 5.11. The number of nitrogens with zero attached hydrogens (tertiary/aromatic N) is 1. The lowest BCUT2D eigenvalue weighted by molar-refractivity contribution is 0.144. The SMILES string of the molecule is CC(C)(C)C1CCN(CCC(O)c2ccc(Cl)cc2)C1. The van der Waals surface area contributed by atoms with Crippen molar-refractivity contribution in [3.05, 3.63) is 34.9 Å². The van der Waals surface area contributed by atoms with E-state index < -0.39 is 0 Å². The maximum Gasteiger partial charge on any atom is 0.0802 e. The van der Waals surface area contributed by atoms with Crippen LogP contribution in [-0.2, 0) is 0 Å². The predicted octanol–water partition coefficient (Wildman–Crippen LogP) is 4.13. The number of aliphatic hydroxyl groups is 1. The molecule has 1 saturated heterocycles. The maximum absolute atomic E-state index is 10.2. The van der Waals surface area contributed by atoms with Gasteiger partial charge in [0.1, 0.15) is 0 Å². The van der Waals surface area contributed by atoms with Gasteiger partial charge >= 0.3 is 0 Å². The molecule has 2 unspecified atom stereocenters. The molecule has 0 bridgehead atoms. The number of aliphatic hydroxyl groups excluding tert-OH is 1. The molecule has 1 aliphatic heterocycles. The van der Waals surface area contributed by atoms with E-state index in [1.807, 2.05) is 24.3 Å². The number of likely N-dealkylation sites (tertiary alicyclic amines) is 1. The molecule has 0 saturated carbocycles. The van der Waals surface area contributed by atoms with E-state index in [1.165, 1.54) is 6.42 Å². The fraction of sp³-hybridized carbons (Fsp3) is 0.647. The molecule has 2 rings (SSSR count). The molecular weight excluding hydrogens is 270 g/mol. The minimum Gasteiger partial charge on any atom is -0.388 e. The average molecular weight is 296 g/mol. The second-order valence-electron chi connectivity index (χ2n) is 7.01. The maximum atomic E-state index is 10.2. The van der Waals surface area contributed by atoms with Crippen LogP contribution in [0.3, 0.4) is 0 Å². The second-order valence-corrected chi connectivity index (χ2v) is 7.44. The smallest absolute Gasteiger partial charge is 0.0802 e. The predicted molar refractivity (Wildman–Crippen MR) is 85.0 cm³/mol. The topological polar surface area (TPSA) is 23.5 Å². The Balaban J connectivity index is 1.80. The molecule has 1 N–H and O–H groups in total. The lowest BCUT2D eigenvalue weighted by atomic mass is 9.80. The van der Waals surface area contributed by atoms with Gasteiger partial charge in [0, 0.05) is 18.1 Å². The summed E-state index contributed by atoms with van der Waals surface area (Å²) in [6, 6.07) is 7.50. The first-order chi connectivity index (χ1) is 9.36. The normalized spacial score (nSPS) is 22.1. The summed E-state index contributed by atoms with van der Waals surface area (Å²) in [5.74, 6) is 0.773. The molecule has 2 nitrogen and oxygen atoms in total. The average Bonchev–Trinajstić information content (AvgIpc) is 2.85. The van der Waals surface area contributed by atoms with Gasteiger partial charge in [-0.3, -0.25) is 0 Å². The van der Waals surface area contributed by atoms with Crippen LogP contribution in [0.15, 0.2) is 24.3 Å². The molecule has 2 atom stereocenters. The van der Waals surface area contributed by atoms with Crippen LogP contribution < -0.4 is 0 Å². The lowest BCUT2D eigenvalue weighted by Gasteiger charge is -2.27. The zero-order valence-electron chi connectivity index (χ0n) is 12.8. The molecule has 1 aromatic rings. The summed E-state index contributed by atoms with van der Waals surface area (Å²) < 4.78 is 0. The highest BCUT2D eigenvalue weighted by Gasteiger charge is 2.31. The van der Waals surface area contributed by atoms with Gasteiger partial charge in [-0.1, -0.05) is 44.5 Å². The van der Waals surface area contributed by atoms with Crippen molar-refractivity contribution in [3.8, 4) is 0 Å². The summed E-state index contributed by atoms with van der Waals surface area (Å²) in [4.78, 5) is 2.48. The van der Waals surface area contributed by atoms with E-state index in [-0.39, 0.29) is 6.10 Å². The van der Waals surface area contributed by atoms with Crippen LogP contribution >= 0.6 is 11.6 Å². The molecule has 3 heteroatoms. The van der Waals surface area contributed by atoms with Crippen molar-refractivity contribution < 1.29 is 5.11 Å². The van der Waals surface area contributed by atoms with E-state index in [0.29, 0.717) is 10.4 Å². The van der Waals surface area contributed by atoms with Crippen molar-refractivity contribution in [2.45, 2.75) is 39.7 Å². The quantitative estimate of drug-likeness (QED) is 0.903. The van der Waals surface area contributed by atoms with E-state index in [2.05, 4.69) is 25.7 Å². The highest BCUT2D eigenvalue weighted by atomic mass is 35.5. The molecular formula is C17H26ClNO. The zero-order chi connectivity index (χ0) is 14.8. The third-order valence-corrected chi connectivity index (χ3v) is 4.72. The minimum absolute atomic E-state index is 0.388. The van der Waals surface area contributed by atoms with Gasteiger partial charge in [-0.2, -0.15) is 0 Å². The fourth-order valence-electron chi connectivity index (χ4n) is 2.90. The van der Waals surface area contributed by atoms with Crippen LogP contribution in [0.5, 0.6) is 0 Å². The zero-order valence-corrected chi connectivity index (χ0v) is 13.5. The van der Waals surface area contributed by atoms with Crippen molar-refractivity contribution in [1.82, 2.24) is 4.90 Å². The lowest BCUT2D eigenvalue weighted by Crippen LogP contribution is -2.27. The molecule has 0 radical (unpaired) electrons. The summed E-state index contributed by atoms with van der Waals surface area (Å²) >= 11 is 5.87. The summed E-state index contributed by atoms with van der Waals surface area (Å²) in [7, 11) is 0. The summed E-state index contributed by atoms with van der Waals surface area (Å²) in [6.45, 7) is 10.3. The van der Waals surface area contributed by atoms with Gasteiger partial charge in [-0.05, 0) is 48.4 Å². The van der Waals surface area contributed by atoms with Crippen molar-refractivity contribution in [1.29, 1.82) is 0 Å². The van der Waals surface area contributed by atoms with Gasteiger partial charge in [-0.25, -0.2) is 0 Å². The van der Waals surface area contributed by atoms with Gasteiger partial charge in [0.2, 0.25) is 0 Å². The Bertz CT molecular complexity index is 424. The van der Waals surface area contributed by atoms with Gasteiger partial charge in [0.15, 0.2) is 0 Å². The van der Waals surface area contributed by atoms with Crippen molar-refractivity contribution in [2.24, 2.45) is 11.3 Å². The molecule has 1 aliphatic rings. The van der Waals surface area contributed by atoms with E-state index in [0.717, 1.165) is 37.5 Å². The van der Waals surface area contributed by atoms with E-state index in [1.54, 1.807) is 0 Å². The molecule has 1 aromatic carbocycles. The minimum atomic E-state index is -0.388. The summed E-state index contributed by atoms with van der Waals surface area (Å²) in [6.07, 6.45) is 1.68. The standard InChI is InChI=1S/C17H26ClNO/c1-17(2,3)14-8-10-19(12-14)11-9-16(20)13-4-6-15(18)7-5-13/h4-7,14,16,20H,8-12H2,1-3H3. The van der Waals surface area contributed by atoms with Gasteiger partial charge in [0.05, 0.1) is 6.10 Å². The molecule has 1 fully saturated rings. The molecule has 1 heterocycles. The van der Waals surface area contributed by atoms with Crippen LogP contribution in [0.1, 0.15) is 45.3 Å². The van der Waals surface area contributed by atoms with Crippen LogP contribution in [0.2, 0.25) is 5.02 Å². The largest absolute Gasteiger partial charge is 0.388 e. The van der Waals surface area contributed by atoms with E-state index >= 15 is 0 Å². The Labute approximate surface area is 127 Å². The van der Waals surface area contributed by atoms with Crippen molar-refractivity contribution in [3.63, 3.8) is 0 Å². The second kappa shape index (κ2) is 6.46. The Morgan fingerprint density at radius 2 is 1.95 bits per heavy atom. The number of halogens is 1. The Morgan fingerprint density at radius 3 is 2.50 bits per heavy atom. The summed E-state index contributed by atoms with van der Waals surface area (Å²) in [5.41, 5.74) is 1.35. The molecule has 0 amide bonds. The Morgan fingerprint density at radius 1 is 1.30 bits per heavy atom. The van der Waals surface area contributed by atoms with Crippen LogP contribution in [0, 0.1) is 11.3 Å². The van der Waals surface area contributed by atoms with Crippen LogP contribution in [0.25, 0.3) is 0 Å². The number of rotatable bonds is 4. The van der Waals surface area contributed by atoms with Gasteiger partial charge in [-0.15, -0.1) is 0 Å². The molecule has 0 aliphatic carbocycles. The first-order valence-electron chi connectivity index (χ1n) is 7.52. The monoisotopic (exact) mass is 295 g/mol. The third-order valence-electron chi connectivity index (χ3n) is 4.47. The number of hydrogen-bond acceptors (Lipinski definition) is 2. The highest BCUT2D eigenvalue weighted by Crippen LogP contribution is 2.33. The van der Waals surface area contributed by atoms with Crippen LogP contribution in [0.4, 0.5) is 0 Å². The third kappa shape index (κ3) is 4.21.